The van der Waals surface area contributed by atoms with Gasteiger partial charge in [-0.15, -0.1) is 0 Å². The van der Waals surface area contributed by atoms with Crippen molar-refractivity contribution in [2.75, 3.05) is 6.79 Å². The van der Waals surface area contributed by atoms with Gasteiger partial charge in [0.2, 0.25) is 6.79 Å². The Kier molecular flexibility index (Phi) is 1.78. The first-order valence-electron chi connectivity index (χ1n) is 4.59. The molecule has 74 valence electrons. The number of hydrogen-bond donors (Lipinski definition) is 0. The highest BCUT2D eigenvalue weighted by atomic mass is 16.7. The minimum Gasteiger partial charge on any atom is -0.455 e. The summed E-state index contributed by atoms with van der Waals surface area (Å²) in [6.45, 7) is 0.192. The van der Waals surface area contributed by atoms with E-state index in [0.717, 1.165) is 22.6 Å². The van der Waals surface area contributed by atoms with E-state index in [4.69, 9.17) is 9.47 Å². The van der Waals surface area contributed by atoms with Gasteiger partial charge in [-0.25, -0.2) is 0 Å². The Balaban J connectivity index is 2.27. The first kappa shape index (κ1) is 8.23. The summed E-state index contributed by atoms with van der Waals surface area (Å²) in [5.74, 6) is 1.48. The summed E-state index contributed by atoms with van der Waals surface area (Å²) < 4.78 is 10.8. The second kappa shape index (κ2) is 3.24. The summed E-state index contributed by atoms with van der Waals surface area (Å²) in [4.78, 5) is 8.03. The Bertz CT molecular complexity index is 454. The van der Waals surface area contributed by atoms with Crippen LogP contribution in [0.15, 0.2) is 36.9 Å². The molecule has 0 radical (unpaired) electrons. The molecular weight excluding hydrogens is 192 g/mol. The maximum atomic E-state index is 5.42. The van der Waals surface area contributed by atoms with Gasteiger partial charge in [0.25, 0.3) is 0 Å². The lowest BCUT2D eigenvalue weighted by Gasteiger charge is -2.04. The lowest BCUT2D eigenvalue weighted by Crippen LogP contribution is -2.03. The molecule has 1 aliphatic rings. The zero-order valence-corrected chi connectivity index (χ0v) is 7.88. The van der Waals surface area contributed by atoms with Crippen LogP contribution >= 0.6 is 0 Å². The second-order valence-electron chi connectivity index (χ2n) is 3.15. The normalized spacial score (nSPS) is 12.8. The standard InChI is InChI=1S/C11H8N2O2/c1-3-12-5-10-8(1)9-2-4-13-6-11(9)15-7-14-10/h1-6H,7H2. The van der Waals surface area contributed by atoms with Crippen molar-refractivity contribution >= 4 is 0 Å². The van der Waals surface area contributed by atoms with E-state index in [1.54, 1.807) is 24.8 Å². The Labute approximate surface area is 86.5 Å². The minimum absolute atomic E-state index is 0.192. The largest absolute Gasteiger partial charge is 0.455 e. The Morgan fingerprint density at radius 1 is 0.867 bits per heavy atom. The van der Waals surface area contributed by atoms with Crippen molar-refractivity contribution in [2.45, 2.75) is 0 Å². The van der Waals surface area contributed by atoms with Gasteiger partial charge < -0.3 is 9.47 Å². The Morgan fingerprint density at radius 2 is 1.40 bits per heavy atom. The molecule has 0 unspecified atom stereocenters. The van der Waals surface area contributed by atoms with Gasteiger partial charge in [-0.2, -0.15) is 0 Å². The molecule has 0 atom stereocenters. The second-order valence-corrected chi connectivity index (χ2v) is 3.15. The van der Waals surface area contributed by atoms with Crippen molar-refractivity contribution in [3.8, 4) is 22.6 Å². The third-order valence-electron chi connectivity index (χ3n) is 2.29. The van der Waals surface area contributed by atoms with Gasteiger partial charge in [0, 0.05) is 23.5 Å². The van der Waals surface area contributed by atoms with E-state index in [-0.39, 0.29) is 6.79 Å². The minimum atomic E-state index is 0.192. The van der Waals surface area contributed by atoms with E-state index >= 15 is 0 Å². The van der Waals surface area contributed by atoms with Crippen molar-refractivity contribution in [3.63, 3.8) is 0 Å². The van der Waals surface area contributed by atoms with Crippen LogP contribution in [0.1, 0.15) is 0 Å². The van der Waals surface area contributed by atoms with E-state index in [0.29, 0.717) is 0 Å². The quantitative estimate of drug-likeness (QED) is 0.651. The van der Waals surface area contributed by atoms with Crippen LogP contribution in [0.4, 0.5) is 0 Å². The van der Waals surface area contributed by atoms with Crippen LogP contribution in [0.25, 0.3) is 11.1 Å². The zero-order chi connectivity index (χ0) is 10.1. The van der Waals surface area contributed by atoms with Crippen molar-refractivity contribution < 1.29 is 9.47 Å². The Morgan fingerprint density at radius 3 is 1.93 bits per heavy atom. The molecule has 0 saturated carbocycles. The number of nitrogens with zero attached hydrogens (tertiary/aromatic N) is 2. The summed E-state index contributed by atoms with van der Waals surface area (Å²) in [6, 6.07) is 3.81. The molecule has 1 aliphatic heterocycles. The molecule has 0 saturated heterocycles. The molecular formula is C11H8N2O2. The molecule has 0 aliphatic carbocycles. The van der Waals surface area contributed by atoms with Gasteiger partial charge >= 0.3 is 0 Å². The number of pyridine rings is 2. The molecule has 2 aromatic heterocycles. The first-order valence-corrected chi connectivity index (χ1v) is 4.59. The molecule has 4 nitrogen and oxygen atoms in total. The number of hydrogen-bond acceptors (Lipinski definition) is 4. The first-order chi connectivity index (χ1) is 7.45. The molecule has 0 fully saturated rings. The lowest BCUT2D eigenvalue weighted by molar-refractivity contribution is 0.124. The van der Waals surface area contributed by atoms with Crippen LogP contribution in [-0.4, -0.2) is 16.8 Å². The van der Waals surface area contributed by atoms with Gasteiger partial charge in [-0.1, -0.05) is 0 Å². The van der Waals surface area contributed by atoms with E-state index in [1.807, 2.05) is 12.1 Å². The molecule has 4 heteroatoms. The van der Waals surface area contributed by atoms with Crippen LogP contribution in [-0.2, 0) is 0 Å². The van der Waals surface area contributed by atoms with Crippen LogP contribution in [0.5, 0.6) is 11.5 Å². The van der Waals surface area contributed by atoms with Crippen LogP contribution in [0.3, 0.4) is 0 Å². The predicted molar refractivity (Wildman–Crippen MR) is 53.6 cm³/mol. The van der Waals surface area contributed by atoms with E-state index in [9.17, 15) is 0 Å². The van der Waals surface area contributed by atoms with E-state index in [1.165, 1.54) is 0 Å². The van der Waals surface area contributed by atoms with Crippen molar-refractivity contribution in [2.24, 2.45) is 0 Å². The molecule has 3 heterocycles. The predicted octanol–water partition coefficient (Wildman–Crippen LogP) is 1.87. The molecule has 3 rings (SSSR count). The molecule has 2 aromatic rings. The van der Waals surface area contributed by atoms with Crippen LogP contribution < -0.4 is 9.47 Å². The van der Waals surface area contributed by atoms with E-state index < -0.39 is 0 Å². The maximum Gasteiger partial charge on any atom is 0.231 e. The topological polar surface area (TPSA) is 44.2 Å². The van der Waals surface area contributed by atoms with Crippen LogP contribution in [0, 0.1) is 0 Å². The molecule has 15 heavy (non-hydrogen) atoms. The monoisotopic (exact) mass is 200 g/mol. The fourth-order valence-electron chi connectivity index (χ4n) is 1.59. The molecule has 0 amide bonds. The van der Waals surface area contributed by atoms with Gasteiger partial charge in [0.1, 0.15) is 11.5 Å². The number of rotatable bonds is 0. The molecule has 0 N–H and O–H groups in total. The Hall–Kier alpha value is -2.10. The third-order valence-corrected chi connectivity index (χ3v) is 2.29. The summed E-state index contributed by atoms with van der Waals surface area (Å²) in [7, 11) is 0. The lowest BCUT2D eigenvalue weighted by atomic mass is 10.1. The van der Waals surface area contributed by atoms with E-state index in [2.05, 4.69) is 9.97 Å². The highest BCUT2D eigenvalue weighted by Crippen LogP contribution is 2.37. The smallest absolute Gasteiger partial charge is 0.231 e. The van der Waals surface area contributed by atoms with Crippen molar-refractivity contribution in [1.29, 1.82) is 0 Å². The van der Waals surface area contributed by atoms with Crippen LogP contribution in [0.2, 0.25) is 0 Å². The summed E-state index contributed by atoms with van der Waals surface area (Å²) in [5, 5.41) is 0. The number of aromatic nitrogens is 2. The van der Waals surface area contributed by atoms with Gasteiger partial charge in [-0.3, -0.25) is 9.97 Å². The van der Waals surface area contributed by atoms with Crippen molar-refractivity contribution in [1.82, 2.24) is 9.97 Å². The number of fused-ring (bicyclic) bond motifs is 3. The summed E-state index contributed by atoms with van der Waals surface area (Å²) >= 11 is 0. The molecule has 0 aromatic carbocycles. The zero-order valence-electron chi connectivity index (χ0n) is 7.88. The van der Waals surface area contributed by atoms with Gasteiger partial charge in [-0.05, 0) is 12.1 Å². The third kappa shape index (κ3) is 1.30. The van der Waals surface area contributed by atoms with Gasteiger partial charge in [0.05, 0.1) is 12.4 Å². The SMILES string of the molecule is c1cc2c(cn1)OCOc1cnccc1-2. The van der Waals surface area contributed by atoms with Gasteiger partial charge in [0.15, 0.2) is 0 Å². The fourth-order valence-corrected chi connectivity index (χ4v) is 1.59. The summed E-state index contributed by atoms with van der Waals surface area (Å²) in [5.41, 5.74) is 1.97. The highest BCUT2D eigenvalue weighted by molar-refractivity contribution is 5.75. The molecule has 0 spiro atoms. The number of ether oxygens (including phenoxy) is 2. The fraction of sp³-hybridized carbons (Fsp3) is 0.0909. The average Bonchev–Trinajstić information content (AvgIpc) is 2.48. The molecule has 0 bridgehead atoms. The summed E-state index contributed by atoms with van der Waals surface area (Å²) in [6.07, 6.45) is 6.85. The highest BCUT2D eigenvalue weighted by Gasteiger charge is 2.15. The van der Waals surface area contributed by atoms with Crippen molar-refractivity contribution in [3.05, 3.63) is 36.9 Å². The maximum absolute atomic E-state index is 5.42. The average molecular weight is 200 g/mol.